The van der Waals surface area contributed by atoms with Crippen molar-refractivity contribution in [2.45, 2.75) is 10.6 Å². The van der Waals surface area contributed by atoms with Crippen molar-refractivity contribution in [3.63, 3.8) is 0 Å². The van der Waals surface area contributed by atoms with Gasteiger partial charge in [0, 0.05) is 21.9 Å². The molecule has 0 unspecified atom stereocenters. The van der Waals surface area contributed by atoms with Crippen molar-refractivity contribution >= 4 is 39.9 Å². The van der Waals surface area contributed by atoms with Crippen molar-refractivity contribution in [3.05, 3.63) is 84.2 Å². The third-order valence-corrected chi connectivity index (χ3v) is 6.45. The SMILES string of the molecule is COc1ccc(NC(=O)Nc2nnc(-c3ccccc3SCc3ccccc3F)s2)cc1. The van der Waals surface area contributed by atoms with Gasteiger partial charge in [0.25, 0.3) is 0 Å². The van der Waals surface area contributed by atoms with Gasteiger partial charge in [0.2, 0.25) is 5.13 Å². The maximum Gasteiger partial charge on any atom is 0.325 e. The molecule has 1 aromatic heterocycles. The van der Waals surface area contributed by atoms with Gasteiger partial charge in [-0.25, -0.2) is 9.18 Å². The minimum Gasteiger partial charge on any atom is -0.497 e. The first-order valence-corrected chi connectivity index (χ1v) is 11.4. The Morgan fingerprint density at radius 1 is 1.00 bits per heavy atom. The number of carbonyl (C=O) groups is 1. The lowest BCUT2D eigenvalue weighted by atomic mass is 10.2. The zero-order valence-electron chi connectivity index (χ0n) is 17.0. The van der Waals surface area contributed by atoms with Crippen LogP contribution in [0.3, 0.4) is 0 Å². The Morgan fingerprint density at radius 2 is 1.75 bits per heavy atom. The molecule has 0 spiro atoms. The summed E-state index contributed by atoms with van der Waals surface area (Å²) >= 11 is 2.79. The zero-order chi connectivity index (χ0) is 22.3. The van der Waals surface area contributed by atoms with Crippen LogP contribution in [0.2, 0.25) is 0 Å². The Hall–Kier alpha value is -3.43. The summed E-state index contributed by atoms with van der Waals surface area (Å²) in [6.45, 7) is 0. The topological polar surface area (TPSA) is 76.1 Å². The monoisotopic (exact) mass is 466 g/mol. The minimum absolute atomic E-state index is 0.220. The predicted octanol–water partition coefficient (Wildman–Crippen LogP) is 6.29. The van der Waals surface area contributed by atoms with Gasteiger partial charge in [0.05, 0.1) is 7.11 Å². The number of carbonyl (C=O) groups excluding carboxylic acids is 1. The number of hydrogen-bond acceptors (Lipinski definition) is 6. The molecule has 6 nitrogen and oxygen atoms in total. The molecule has 0 saturated carbocycles. The van der Waals surface area contributed by atoms with Crippen LogP contribution in [0.15, 0.2) is 77.7 Å². The number of nitrogens with one attached hydrogen (secondary N) is 2. The molecule has 9 heteroatoms. The van der Waals surface area contributed by atoms with Crippen molar-refractivity contribution in [2.24, 2.45) is 0 Å². The van der Waals surface area contributed by atoms with Crippen LogP contribution < -0.4 is 15.4 Å². The third-order valence-electron chi connectivity index (χ3n) is 4.45. The Kier molecular flexibility index (Phi) is 6.98. The number of amides is 2. The summed E-state index contributed by atoms with van der Waals surface area (Å²) in [5.74, 6) is 0.983. The van der Waals surface area contributed by atoms with E-state index in [1.165, 1.54) is 29.2 Å². The van der Waals surface area contributed by atoms with Gasteiger partial charge in [-0.1, -0.05) is 47.7 Å². The molecule has 3 aromatic carbocycles. The molecule has 1 heterocycles. The van der Waals surface area contributed by atoms with Gasteiger partial charge < -0.3 is 10.1 Å². The summed E-state index contributed by atoms with van der Waals surface area (Å²) in [6, 6.07) is 21.1. The number of benzene rings is 3. The van der Waals surface area contributed by atoms with E-state index in [1.54, 1.807) is 43.5 Å². The maximum atomic E-state index is 13.9. The molecule has 0 aliphatic heterocycles. The highest BCUT2D eigenvalue weighted by molar-refractivity contribution is 7.98. The quantitative estimate of drug-likeness (QED) is 0.313. The Labute approximate surface area is 192 Å². The second-order valence-corrected chi connectivity index (χ2v) is 8.59. The molecule has 4 rings (SSSR count). The number of anilines is 2. The average Bonchev–Trinajstić information content (AvgIpc) is 3.27. The first-order valence-electron chi connectivity index (χ1n) is 9.63. The number of halogens is 1. The van der Waals surface area contributed by atoms with Crippen molar-refractivity contribution in [3.8, 4) is 16.3 Å². The van der Waals surface area contributed by atoms with Crippen molar-refractivity contribution in [1.29, 1.82) is 0 Å². The number of aromatic nitrogens is 2. The van der Waals surface area contributed by atoms with Crippen LogP contribution in [0.4, 0.5) is 20.0 Å². The maximum absolute atomic E-state index is 13.9. The van der Waals surface area contributed by atoms with E-state index >= 15 is 0 Å². The van der Waals surface area contributed by atoms with Gasteiger partial charge in [0.1, 0.15) is 11.6 Å². The molecule has 4 aromatic rings. The van der Waals surface area contributed by atoms with Crippen LogP contribution in [-0.4, -0.2) is 23.3 Å². The molecule has 32 heavy (non-hydrogen) atoms. The van der Waals surface area contributed by atoms with Gasteiger partial charge in [-0.2, -0.15) is 0 Å². The molecule has 0 radical (unpaired) electrons. The highest BCUT2D eigenvalue weighted by atomic mass is 32.2. The Morgan fingerprint density at radius 3 is 2.53 bits per heavy atom. The molecule has 0 saturated heterocycles. The molecule has 2 amide bonds. The summed E-state index contributed by atoms with van der Waals surface area (Å²) in [4.78, 5) is 13.2. The van der Waals surface area contributed by atoms with Crippen molar-refractivity contribution in [1.82, 2.24) is 10.2 Å². The smallest absolute Gasteiger partial charge is 0.325 e. The van der Waals surface area contributed by atoms with Gasteiger partial charge in [-0.3, -0.25) is 5.32 Å². The minimum atomic E-state index is -0.417. The number of thioether (sulfide) groups is 1. The lowest BCUT2D eigenvalue weighted by molar-refractivity contribution is 0.262. The lowest BCUT2D eigenvalue weighted by Crippen LogP contribution is -2.19. The van der Waals surface area contributed by atoms with E-state index < -0.39 is 6.03 Å². The second kappa shape index (κ2) is 10.3. The molecule has 2 N–H and O–H groups in total. The normalized spacial score (nSPS) is 10.6. The number of nitrogens with zero attached hydrogens (tertiary/aromatic N) is 2. The Balaban J connectivity index is 1.43. The molecule has 162 valence electrons. The number of methoxy groups -OCH3 is 1. The summed E-state index contributed by atoms with van der Waals surface area (Å²) in [7, 11) is 1.58. The summed E-state index contributed by atoms with van der Waals surface area (Å²) in [5, 5.41) is 14.8. The molecule has 0 aliphatic carbocycles. The van der Waals surface area contributed by atoms with Crippen LogP contribution in [0.5, 0.6) is 5.75 Å². The van der Waals surface area contributed by atoms with E-state index in [0.717, 1.165) is 10.5 Å². The first kappa shape index (κ1) is 21.8. The second-order valence-electron chi connectivity index (χ2n) is 6.60. The number of urea groups is 1. The van der Waals surface area contributed by atoms with E-state index in [9.17, 15) is 9.18 Å². The Bertz CT molecular complexity index is 1210. The van der Waals surface area contributed by atoms with Crippen LogP contribution in [0.1, 0.15) is 5.56 Å². The standard InChI is InChI=1S/C23H19FN4O2S2/c1-30-17-12-10-16(11-13-17)25-22(29)26-23-28-27-21(32-23)18-7-3-5-9-20(18)31-14-15-6-2-4-8-19(15)24/h2-13H,14H2,1H3,(H2,25,26,28,29). The predicted molar refractivity (Wildman–Crippen MR) is 127 cm³/mol. The lowest BCUT2D eigenvalue weighted by Gasteiger charge is -2.07. The summed E-state index contributed by atoms with van der Waals surface area (Å²) < 4.78 is 19.1. The van der Waals surface area contributed by atoms with Crippen molar-refractivity contribution in [2.75, 3.05) is 17.7 Å². The fraction of sp³-hybridized carbons (Fsp3) is 0.0870. The molecule has 0 fully saturated rings. The van der Waals surface area contributed by atoms with Gasteiger partial charge in [0.15, 0.2) is 5.01 Å². The summed E-state index contributed by atoms with van der Waals surface area (Å²) in [5.41, 5.74) is 2.15. The van der Waals surface area contributed by atoms with E-state index in [0.29, 0.717) is 32.9 Å². The third kappa shape index (κ3) is 5.43. The zero-order valence-corrected chi connectivity index (χ0v) is 18.7. The molecule has 0 aliphatic rings. The summed E-state index contributed by atoms with van der Waals surface area (Å²) in [6.07, 6.45) is 0. The van der Waals surface area contributed by atoms with E-state index in [4.69, 9.17) is 4.74 Å². The van der Waals surface area contributed by atoms with Gasteiger partial charge >= 0.3 is 6.03 Å². The molecule has 0 bridgehead atoms. The van der Waals surface area contributed by atoms with Crippen LogP contribution >= 0.6 is 23.1 Å². The fourth-order valence-electron chi connectivity index (χ4n) is 2.86. The van der Waals surface area contributed by atoms with Crippen LogP contribution in [0.25, 0.3) is 10.6 Å². The molecular weight excluding hydrogens is 447 g/mol. The van der Waals surface area contributed by atoms with Gasteiger partial charge in [-0.05, 0) is 42.0 Å². The van der Waals surface area contributed by atoms with Crippen LogP contribution in [-0.2, 0) is 5.75 Å². The largest absolute Gasteiger partial charge is 0.497 e. The highest BCUT2D eigenvalue weighted by Crippen LogP contribution is 2.36. The van der Waals surface area contributed by atoms with E-state index in [2.05, 4.69) is 20.8 Å². The molecular formula is C23H19FN4O2S2. The average molecular weight is 467 g/mol. The fourth-order valence-corrected chi connectivity index (χ4v) is 4.74. The van der Waals surface area contributed by atoms with Crippen LogP contribution in [0, 0.1) is 5.82 Å². The number of hydrogen-bond donors (Lipinski definition) is 2. The van der Waals surface area contributed by atoms with E-state index in [-0.39, 0.29) is 5.82 Å². The highest BCUT2D eigenvalue weighted by Gasteiger charge is 2.14. The molecule has 0 atom stereocenters. The number of ether oxygens (including phenoxy) is 1. The first-order chi connectivity index (χ1) is 15.6. The van der Waals surface area contributed by atoms with E-state index in [1.807, 2.05) is 30.3 Å². The number of rotatable bonds is 7. The van der Waals surface area contributed by atoms with Gasteiger partial charge in [-0.15, -0.1) is 22.0 Å². The van der Waals surface area contributed by atoms with Crippen molar-refractivity contribution < 1.29 is 13.9 Å².